The van der Waals surface area contributed by atoms with E-state index < -0.39 is 0 Å². The van der Waals surface area contributed by atoms with Crippen molar-refractivity contribution in [1.29, 1.82) is 0 Å². The third-order valence-electron chi connectivity index (χ3n) is 10.0. The predicted molar refractivity (Wildman–Crippen MR) is 204 cm³/mol. The van der Waals surface area contributed by atoms with Crippen molar-refractivity contribution in [3.8, 4) is 39.9 Å². The molecule has 0 fully saturated rings. The Hall–Kier alpha value is -6.85. The Kier molecular flexibility index (Phi) is 5.60. The molecule has 11 rings (SSSR count). The lowest BCUT2D eigenvalue weighted by Crippen LogP contribution is -2.06. The first-order valence-corrected chi connectivity index (χ1v) is 16.8. The zero-order valence-corrected chi connectivity index (χ0v) is 26.7. The molecule has 0 saturated heterocycles. The second-order valence-corrected chi connectivity index (χ2v) is 12.8. The maximum atomic E-state index is 6.56. The van der Waals surface area contributed by atoms with Gasteiger partial charge in [-0.2, -0.15) is 9.97 Å². The van der Waals surface area contributed by atoms with Gasteiger partial charge < -0.3 is 4.42 Å². The maximum absolute atomic E-state index is 6.56. The van der Waals surface area contributed by atoms with Crippen molar-refractivity contribution in [2.24, 2.45) is 0 Å². The van der Waals surface area contributed by atoms with Crippen LogP contribution in [0.3, 0.4) is 0 Å². The number of fused-ring (bicyclic) bond motifs is 6. The quantitative estimate of drug-likeness (QED) is 0.180. The molecule has 5 heteroatoms. The number of nitrogens with zero attached hydrogens (tertiary/aromatic N) is 4. The molecule has 5 nitrogen and oxygen atoms in total. The SMILES string of the molecule is c1ccc(-c2ccc(-c3nc(-c4cc5oc6cccc7c8ccccc8c(c4)c5c67)nc(-n4c5ccccc5c5ccccc54)n3)cc2)cc1. The molecule has 0 aliphatic carbocycles. The highest BCUT2D eigenvalue weighted by Crippen LogP contribution is 2.44. The molecule has 3 aromatic heterocycles. The molecule has 0 spiro atoms. The molecule has 0 aliphatic heterocycles. The summed E-state index contributed by atoms with van der Waals surface area (Å²) in [6.45, 7) is 0. The molecule has 232 valence electrons. The first kappa shape index (κ1) is 27.1. The van der Waals surface area contributed by atoms with Gasteiger partial charge in [-0.15, -0.1) is 0 Å². The van der Waals surface area contributed by atoms with Gasteiger partial charge in [0, 0.05) is 32.7 Å². The fraction of sp³-hybridized carbons (Fsp3) is 0. The molecule has 0 saturated carbocycles. The third-order valence-corrected chi connectivity index (χ3v) is 10.0. The zero-order chi connectivity index (χ0) is 32.8. The van der Waals surface area contributed by atoms with E-state index in [0.717, 1.165) is 71.4 Å². The van der Waals surface area contributed by atoms with Crippen molar-refractivity contribution in [3.05, 3.63) is 158 Å². The Morgan fingerprint density at radius 1 is 0.360 bits per heavy atom. The van der Waals surface area contributed by atoms with Crippen LogP contribution in [0.4, 0.5) is 0 Å². The Bertz CT molecular complexity index is 3030. The van der Waals surface area contributed by atoms with Crippen LogP contribution in [0.25, 0.3) is 105 Å². The van der Waals surface area contributed by atoms with E-state index in [1.807, 2.05) is 6.07 Å². The van der Waals surface area contributed by atoms with Gasteiger partial charge in [-0.3, -0.25) is 4.57 Å². The van der Waals surface area contributed by atoms with Crippen molar-refractivity contribution in [1.82, 2.24) is 19.5 Å². The van der Waals surface area contributed by atoms with Gasteiger partial charge in [-0.1, -0.05) is 127 Å². The fourth-order valence-electron chi connectivity index (χ4n) is 7.77. The van der Waals surface area contributed by atoms with Gasteiger partial charge >= 0.3 is 0 Å². The van der Waals surface area contributed by atoms with Gasteiger partial charge in [0.2, 0.25) is 5.95 Å². The van der Waals surface area contributed by atoms with Crippen LogP contribution in [0.5, 0.6) is 0 Å². The van der Waals surface area contributed by atoms with Crippen molar-refractivity contribution in [2.75, 3.05) is 0 Å². The van der Waals surface area contributed by atoms with E-state index in [0.29, 0.717) is 17.6 Å². The molecule has 3 heterocycles. The smallest absolute Gasteiger partial charge is 0.238 e. The number of furan rings is 1. The monoisotopic (exact) mass is 638 g/mol. The van der Waals surface area contributed by atoms with Crippen molar-refractivity contribution in [3.63, 3.8) is 0 Å². The lowest BCUT2D eigenvalue weighted by atomic mass is 9.93. The topological polar surface area (TPSA) is 56.7 Å². The maximum Gasteiger partial charge on any atom is 0.238 e. The Morgan fingerprint density at radius 3 is 1.62 bits per heavy atom. The number of hydrogen-bond donors (Lipinski definition) is 0. The molecule has 8 aromatic carbocycles. The molecule has 11 aromatic rings. The van der Waals surface area contributed by atoms with E-state index in [4.69, 9.17) is 19.4 Å². The van der Waals surface area contributed by atoms with E-state index in [2.05, 4.69) is 156 Å². The van der Waals surface area contributed by atoms with E-state index in [1.54, 1.807) is 0 Å². The number of aromatic nitrogens is 4. The highest BCUT2D eigenvalue weighted by atomic mass is 16.3. The molecule has 50 heavy (non-hydrogen) atoms. The van der Waals surface area contributed by atoms with Gasteiger partial charge in [0.1, 0.15) is 11.2 Å². The minimum absolute atomic E-state index is 0.565. The van der Waals surface area contributed by atoms with Crippen LogP contribution < -0.4 is 0 Å². The van der Waals surface area contributed by atoms with Gasteiger partial charge in [-0.25, -0.2) is 4.98 Å². The summed E-state index contributed by atoms with van der Waals surface area (Å²) in [5.74, 6) is 1.75. The van der Waals surface area contributed by atoms with Crippen LogP contribution >= 0.6 is 0 Å². The van der Waals surface area contributed by atoms with Crippen molar-refractivity contribution < 1.29 is 4.42 Å². The lowest BCUT2D eigenvalue weighted by molar-refractivity contribution is 0.669. The van der Waals surface area contributed by atoms with E-state index in [1.165, 1.54) is 16.2 Å². The summed E-state index contributed by atoms with van der Waals surface area (Å²) < 4.78 is 8.71. The zero-order valence-electron chi connectivity index (χ0n) is 26.7. The largest absolute Gasteiger partial charge is 0.456 e. The molecular weight excluding hydrogens is 613 g/mol. The Balaban J connectivity index is 1.20. The molecule has 0 unspecified atom stereocenters. The normalized spacial score (nSPS) is 12.0. The van der Waals surface area contributed by atoms with E-state index in [9.17, 15) is 0 Å². The van der Waals surface area contributed by atoms with Crippen LogP contribution in [0.2, 0.25) is 0 Å². The number of benzene rings is 8. The average molecular weight is 639 g/mol. The average Bonchev–Trinajstić information content (AvgIpc) is 3.74. The molecule has 0 aliphatic rings. The summed E-state index contributed by atoms with van der Waals surface area (Å²) >= 11 is 0. The molecule has 0 N–H and O–H groups in total. The summed E-state index contributed by atoms with van der Waals surface area (Å²) in [6.07, 6.45) is 0. The van der Waals surface area contributed by atoms with Crippen LogP contribution in [0.1, 0.15) is 0 Å². The third kappa shape index (κ3) is 3.92. The van der Waals surface area contributed by atoms with Crippen LogP contribution in [-0.4, -0.2) is 19.5 Å². The van der Waals surface area contributed by atoms with Crippen molar-refractivity contribution >= 4 is 65.3 Å². The van der Waals surface area contributed by atoms with Crippen LogP contribution in [0.15, 0.2) is 162 Å². The Morgan fingerprint density at radius 2 is 0.900 bits per heavy atom. The van der Waals surface area contributed by atoms with E-state index >= 15 is 0 Å². The molecule has 0 atom stereocenters. The minimum atomic E-state index is 0.565. The van der Waals surface area contributed by atoms with Crippen LogP contribution in [-0.2, 0) is 0 Å². The highest BCUT2D eigenvalue weighted by molar-refractivity contribution is 6.33. The summed E-state index contributed by atoms with van der Waals surface area (Å²) in [5, 5.41) is 9.29. The van der Waals surface area contributed by atoms with Gasteiger partial charge in [0.25, 0.3) is 0 Å². The summed E-state index contributed by atoms with van der Waals surface area (Å²) in [4.78, 5) is 15.6. The predicted octanol–water partition coefficient (Wildman–Crippen LogP) is 11.6. The van der Waals surface area contributed by atoms with Crippen molar-refractivity contribution in [2.45, 2.75) is 0 Å². The number of rotatable bonds is 4. The second-order valence-electron chi connectivity index (χ2n) is 12.8. The first-order valence-electron chi connectivity index (χ1n) is 16.8. The van der Waals surface area contributed by atoms with Crippen LogP contribution in [0, 0.1) is 0 Å². The second kappa shape index (κ2) is 10.3. The van der Waals surface area contributed by atoms with Gasteiger partial charge in [0.15, 0.2) is 11.6 Å². The van der Waals surface area contributed by atoms with Gasteiger partial charge in [0.05, 0.1) is 11.0 Å². The summed E-state index contributed by atoms with van der Waals surface area (Å²) in [7, 11) is 0. The first-order chi connectivity index (χ1) is 24.8. The molecule has 0 amide bonds. The fourth-order valence-corrected chi connectivity index (χ4v) is 7.77. The summed E-state index contributed by atoms with van der Waals surface area (Å²) in [6, 6.07) is 54.9. The Labute approximate surface area is 286 Å². The number of hydrogen-bond acceptors (Lipinski definition) is 4. The molecule has 0 radical (unpaired) electrons. The molecular formula is C45H26N4O. The van der Waals surface area contributed by atoms with E-state index in [-0.39, 0.29) is 0 Å². The summed E-state index contributed by atoms with van der Waals surface area (Å²) in [5.41, 5.74) is 7.87. The number of para-hydroxylation sites is 2. The standard InChI is InChI=1S/C45H26N4O/c1-2-11-27(12-3-1)28-21-23-29(24-22-28)43-46-44(48-45(47-43)49-37-18-8-6-15-33(37)34-16-7-9-19-38(34)49)30-25-36-32-14-5-4-13-31(32)35-17-10-20-39-41(35)42(36)40(26-30)50-39/h1-26H. The minimum Gasteiger partial charge on any atom is -0.456 e. The van der Waals surface area contributed by atoms with Gasteiger partial charge in [-0.05, 0) is 63.0 Å². The highest BCUT2D eigenvalue weighted by Gasteiger charge is 2.21. The lowest BCUT2D eigenvalue weighted by Gasteiger charge is -2.12. The molecule has 0 bridgehead atoms.